The first kappa shape index (κ1) is 25.8. The van der Waals surface area contributed by atoms with E-state index in [-0.39, 0.29) is 36.2 Å². The maximum absolute atomic E-state index is 15.0. The van der Waals surface area contributed by atoms with Gasteiger partial charge in [0, 0.05) is 18.2 Å². The molecule has 2 aliphatic heterocycles. The summed E-state index contributed by atoms with van der Waals surface area (Å²) in [5.41, 5.74) is 0.771. The first-order chi connectivity index (χ1) is 17.7. The second kappa shape index (κ2) is 10.1. The third-order valence-corrected chi connectivity index (χ3v) is 8.18. The van der Waals surface area contributed by atoms with Crippen LogP contribution in [0.3, 0.4) is 0 Å². The molecule has 1 unspecified atom stereocenters. The van der Waals surface area contributed by atoms with Gasteiger partial charge in [0.25, 0.3) is 0 Å². The number of hydrogen-bond acceptors (Lipinski definition) is 7. The average Bonchev–Trinajstić information content (AvgIpc) is 3.68. The van der Waals surface area contributed by atoms with Gasteiger partial charge in [-0.1, -0.05) is 12.1 Å². The first-order valence-electron chi connectivity index (χ1n) is 13.1. The molecule has 1 aliphatic carbocycles. The summed E-state index contributed by atoms with van der Waals surface area (Å²) in [6.07, 6.45) is 4.56. The van der Waals surface area contributed by atoms with Gasteiger partial charge in [-0.15, -0.1) is 0 Å². The van der Waals surface area contributed by atoms with Crippen molar-refractivity contribution in [2.45, 2.75) is 63.7 Å². The van der Waals surface area contributed by atoms with E-state index in [1.54, 1.807) is 0 Å². The molecule has 5 rings (SSSR count). The Hall–Kier alpha value is -2.85. The summed E-state index contributed by atoms with van der Waals surface area (Å²) in [4.78, 5) is 26.8. The van der Waals surface area contributed by atoms with Crippen LogP contribution in [0.4, 0.5) is 25.3 Å². The molecule has 2 atom stereocenters. The summed E-state index contributed by atoms with van der Waals surface area (Å²) >= 11 is 0. The number of carbonyl (C=O) groups excluding carboxylic acids is 1. The van der Waals surface area contributed by atoms with Gasteiger partial charge < -0.3 is 15.0 Å². The van der Waals surface area contributed by atoms with Gasteiger partial charge in [0.05, 0.1) is 17.8 Å². The maximum atomic E-state index is 15.0. The Morgan fingerprint density at radius 3 is 2.57 bits per heavy atom. The fourth-order valence-corrected chi connectivity index (χ4v) is 5.54. The fraction of sp³-hybridized carbons (Fsp3) is 0.593. The predicted octanol–water partition coefficient (Wildman–Crippen LogP) is 4.58. The van der Waals surface area contributed by atoms with E-state index in [4.69, 9.17) is 4.74 Å². The van der Waals surface area contributed by atoms with Crippen molar-refractivity contribution in [1.29, 1.82) is 0 Å². The Morgan fingerprint density at radius 2 is 1.92 bits per heavy atom. The molecular weight excluding hydrogens is 478 g/mol. The summed E-state index contributed by atoms with van der Waals surface area (Å²) in [5, 5.41) is 3.13. The van der Waals surface area contributed by atoms with Crippen LogP contribution in [0.15, 0.2) is 24.4 Å². The lowest BCUT2D eigenvalue weighted by Crippen LogP contribution is -2.47. The molecule has 3 aliphatic rings. The van der Waals surface area contributed by atoms with Crippen LogP contribution in [0.2, 0.25) is 0 Å². The van der Waals surface area contributed by atoms with Crippen molar-refractivity contribution in [3.05, 3.63) is 47.2 Å². The number of nitrogens with one attached hydrogen (secondary N) is 1. The first-order valence-corrected chi connectivity index (χ1v) is 13.1. The second-order valence-corrected chi connectivity index (χ2v) is 11.1. The van der Waals surface area contributed by atoms with Gasteiger partial charge in [-0.3, -0.25) is 4.90 Å². The smallest absolute Gasteiger partial charge is 0.416 e. The van der Waals surface area contributed by atoms with Crippen LogP contribution >= 0.6 is 0 Å². The standard InChI is InChI=1S/C27H36F2N6O2/c1-17(18-5-6-19(22(28)13-18)15-34-11-9-21(10-12-34)33(3)4)31-25-30-14-23(29)24(32-25)35-26(36)37-16-27(35,2)20-7-8-20/h5-6,13-14,17,20-21H,7-12,15-16H2,1-4H3,(H,30,31,32)/t17-,27?/m0/s1. The number of benzene rings is 1. The number of rotatable bonds is 8. The number of likely N-dealkylation sites (tertiary alicyclic amines) is 1. The minimum atomic E-state index is -0.686. The summed E-state index contributed by atoms with van der Waals surface area (Å²) in [5.74, 6) is -0.615. The molecule has 1 aromatic heterocycles. The van der Waals surface area contributed by atoms with Crippen molar-refractivity contribution < 1.29 is 18.3 Å². The number of piperidine rings is 1. The minimum Gasteiger partial charge on any atom is -0.447 e. The van der Waals surface area contributed by atoms with Gasteiger partial charge >= 0.3 is 6.09 Å². The van der Waals surface area contributed by atoms with Crippen LogP contribution < -0.4 is 10.2 Å². The van der Waals surface area contributed by atoms with Gasteiger partial charge in [-0.25, -0.2) is 23.5 Å². The molecule has 200 valence electrons. The van der Waals surface area contributed by atoms with E-state index in [1.807, 2.05) is 26.0 Å². The number of ether oxygens (including phenoxy) is 1. The predicted molar refractivity (Wildman–Crippen MR) is 137 cm³/mol. The van der Waals surface area contributed by atoms with Crippen molar-refractivity contribution in [1.82, 2.24) is 19.8 Å². The highest BCUT2D eigenvalue weighted by molar-refractivity contribution is 5.90. The lowest BCUT2D eigenvalue weighted by atomic mass is 9.96. The Labute approximate surface area is 217 Å². The van der Waals surface area contributed by atoms with Crippen LogP contribution in [0.1, 0.15) is 56.7 Å². The lowest BCUT2D eigenvalue weighted by molar-refractivity contribution is 0.139. The van der Waals surface area contributed by atoms with Crippen molar-refractivity contribution in [3.8, 4) is 0 Å². The van der Waals surface area contributed by atoms with Crippen molar-refractivity contribution in [3.63, 3.8) is 0 Å². The molecule has 3 heterocycles. The summed E-state index contributed by atoms with van der Waals surface area (Å²) in [7, 11) is 4.22. The van der Waals surface area contributed by atoms with Crippen molar-refractivity contribution >= 4 is 17.9 Å². The molecule has 2 aromatic rings. The van der Waals surface area contributed by atoms with E-state index in [9.17, 15) is 9.18 Å². The molecule has 0 bridgehead atoms. The van der Waals surface area contributed by atoms with E-state index in [1.165, 1.54) is 11.0 Å². The Bertz CT molecular complexity index is 1150. The second-order valence-electron chi connectivity index (χ2n) is 11.1. The highest BCUT2D eigenvalue weighted by Crippen LogP contribution is 2.47. The lowest BCUT2D eigenvalue weighted by Gasteiger charge is -2.35. The van der Waals surface area contributed by atoms with Gasteiger partial charge in [-0.05, 0) is 84.3 Å². The van der Waals surface area contributed by atoms with Gasteiger partial charge in [0.1, 0.15) is 12.4 Å². The normalized spacial score (nSPS) is 24.0. The number of anilines is 2. The molecule has 37 heavy (non-hydrogen) atoms. The van der Waals surface area contributed by atoms with Gasteiger partial charge in [0.2, 0.25) is 5.95 Å². The number of amides is 1. The highest BCUT2D eigenvalue weighted by Gasteiger charge is 2.55. The van der Waals surface area contributed by atoms with Gasteiger partial charge in [0.15, 0.2) is 11.6 Å². The van der Waals surface area contributed by atoms with Crippen LogP contribution in [-0.4, -0.2) is 71.2 Å². The molecule has 3 fully saturated rings. The largest absolute Gasteiger partial charge is 0.447 e. The van der Waals surface area contributed by atoms with E-state index >= 15 is 4.39 Å². The molecule has 8 nitrogen and oxygen atoms in total. The zero-order valence-corrected chi connectivity index (χ0v) is 22.0. The molecule has 10 heteroatoms. The number of aromatic nitrogens is 2. The summed E-state index contributed by atoms with van der Waals surface area (Å²) in [6.45, 7) is 6.47. The average molecular weight is 515 g/mol. The Balaban J connectivity index is 1.26. The van der Waals surface area contributed by atoms with Crippen molar-refractivity contribution in [2.75, 3.05) is 44.0 Å². The molecule has 1 aromatic carbocycles. The zero-order chi connectivity index (χ0) is 26.3. The van der Waals surface area contributed by atoms with Crippen LogP contribution in [-0.2, 0) is 11.3 Å². The molecule has 2 saturated heterocycles. The van der Waals surface area contributed by atoms with Crippen LogP contribution in [0.5, 0.6) is 0 Å². The van der Waals surface area contributed by atoms with E-state index < -0.39 is 17.4 Å². The SMILES string of the molecule is C[C@H](Nc1ncc(F)c(N2C(=O)OCC2(C)C2CC2)n1)c1ccc(CN2CCC(N(C)C)CC2)c(F)c1. The molecule has 0 radical (unpaired) electrons. The van der Waals surface area contributed by atoms with Crippen molar-refractivity contribution in [2.24, 2.45) is 5.92 Å². The van der Waals surface area contributed by atoms with Crippen LogP contribution in [0.25, 0.3) is 0 Å². The molecule has 1 amide bonds. The molecular formula is C27H36F2N6O2. The Kier molecular flexibility index (Phi) is 7.06. The number of cyclic esters (lactones) is 1. The van der Waals surface area contributed by atoms with E-state index in [0.29, 0.717) is 18.2 Å². The number of halogens is 2. The number of hydrogen-bond donors (Lipinski definition) is 1. The number of nitrogens with zero attached hydrogens (tertiary/aromatic N) is 5. The molecule has 1 N–H and O–H groups in total. The molecule has 0 spiro atoms. The van der Waals surface area contributed by atoms with Gasteiger partial charge in [-0.2, -0.15) is 4.98 Å². The fourth-order valence-electron chi connectivity index (χ4n) is 5.54. The topological polar surface area (TPSA) is 73.8 Å². The Morgan fingerprint density at radius 1 is 1.19 bits per heavy atom. The summed E-state index contributed by atoms with van der Waals surface area (Å²) < 4.78 is 35.1. The maximum Gasteiger partial charge on any atom is 0.416 e. The molecule has 1 saturated carbocycles. The third-order valence-electron chi connectivity index (χ3n) is 8.18. The minimum absolute atomic E-state index is 0.0961. The summed E-state index contributed by atoms with van der Waals surface area (Å²) in [6, 6.07) is 5.52. The zero-order valence-electron chi connectivity index (χ0n) is 22.0. The monoisotopic (exact) mass is 514 g/mol. The third kappa shape index (κ3) is 5.27. The highest BCUT2D eigenvalue weighted by atomic mass is 19.1. The number of carbonyl (C=O) groups is 1. The quantitative estimate of drug-likeness (QED) is 0.553. The van der Waals surface area contributed by atoms with Crippen LogP contribution in [0, 0.1) is 17.6 Å². The van der Waals surface area contributed by atoms with E-state index in [0.717, 1.165) is 50.5 Å². The van der Waals surface area contributed by atoms with E-state index in [2.05, 4.69) is 39.2 Å².